The normalized spacial score (nSPS) is 12.9. The maximum atomic E-state index is 10.8. The van der Waals surface area contributed by atoms with E-state index in [-0.39, 0.29) is 17.0 Å². The van der Waals surface area contributed by atoms with Crippen molar-refractivity contribution in [3.05, 3.63) is 0 Å². The summed E-state index contributed by atoms with van der Waals surface area (Å²) in [6.45, 7) is 8.82. The first kappa shape index (κ1) is 14.4. The fourth-order valence-corrected chi connectivity index (χ4v) is 1.30. The van der Waals surface area contributed by atoms with Crippen LogP contribution in [0.1, 0.15) is 40.5 Å². The van der Waals surface area contributed by atoms with Crippen LogP contribution in [0.5, 0.6) is 0 Å². The summed E-state index contributed by atoms with van der Waals surface area (Å²) >= 11 is 0. The molecule has 4 heteroatoms. The molecule has 0 saturated heterocycles. The molecular weight excluding hydrogens is 192 g/mol. The number of hydrogen-bond acceptors (Lipinski definition) is 3. The molecule has 0 aromatic heterocycles. The summed E-state index contributed by atoms with van der Waals surface area (Å²) in [5.74, 6) is -0.279. The minimum atomic E-state index is -0.279. The predicted octanol–water partition coefficient (Wildman–Crippen LogP) is 1.05. The van der Waals surface area contributed by atoms with Crippen LogP contribution in [0, 0.1) is 0 Å². The number of carbonyl (C=O) groups excluding carboxylic acids is 1. The van der Waals surface area contributed by atoms with Crippen molar-refractivity contribution >= 4 is 5.91 Å². The minimum Gasteiger partial charge on any atom is -0.379 e. The van der Waals surface area contributed by atoms with Crippen LogP contribution in [-0.2, 0) is 9.53 Å². The van der Waals surface area contributed by atoms with E-state index in [4.69, 9.17) is 10.5 Å². The van der Waals surface area contributed by atoms with Crippen LogP contribution >= 0.6 is 0 Å². The summed E-state index contributed by atoms with van der Waals surface area (Å²) < 4.78 is 5.30. The Labute approximate surface area is 92.6 Å². The number of amides is 1. The largest absolute Gasteiger partial charge is 0.379 e. The third kappa shape index (κ3) is 7.33. The topological polar surface area (TPSA) is 64.3 Å². The Balaban J connectivity index is 3.89. The molecule has 0 aromatic carbocycles. The van der Waals surface area contributed by atoms with Crippen LogP contribution in [0.25, 0.3) is 0 Å². The molecular formula is C11H24N2O2. The first-order chi connectivity index (χ1) is 6.68. The van der Waals surface area contributed by atoms with Gasteiger partial charge in [0.05, 0.1) is 5.60 Å². The van der Waals surface area contributed by atoms with Crippen LogP contribution in [0.2, 0.25) is 0 Å². The zero-order chi connectivity index (χ0) is 12.1. The van der Waals surface area contributed by atoms with E-state index in [9.17, 15) is 4.79 Å². The molecule has 0 aliphatic rings. The Hall–Kier alpha value is -0.610. The van der Waals surface area contributed by atoms with Crippen molar-refractivity contribution < 1.29 is 9.53 Å². The van der Waals surface area contributed by atoms with E-state index >= 15 is 0 Å². The Bertz CT molecular complexity index is 213. The molecule has 0 saturated carbocycles. The summed E-state index contributed by atoms with van der Waals surface area (Å²) in [5.41, 5.74) is 4.79. The van der Waals surface area contributed by atoms with Crippen molar-refractivity contribution in [2.75, 3.05) is 13.7 Å². The van der Waals surface area contributed by atoms with Gasteiger partial charge in [0.15, 0.2) is 0 Å². The van der Waals surface area contributed by atoms with Crippen molar-refractivity contribution in [2.24, 2.45) is 5.73 Å². The highest BCUT2D eigenvalue weighted by molar-refractivity contribution is 5.74. The van der Waals surface area contributed by atoms with Gasteiger partial charge in [-0.1, -0.05) is 0 Å². The summed E-state index contributed by atoms with van der Waals surface area (Å²) in [6.07, 6.45) is 1.24. The molecule has 0 heterocycles. The van der Waals surface area contributed by atoms with Crippen LogP contribution < -0.4 is 11.1 Å². The quantitative estimate of drug-likeness (QED) is 0.668. The number of nitrogens with one attached hydrogen (secondary N) is 1. The molecule has 0 radical (unpaired) electrons. The molecule has 0 fully saturated rings. The number of methoxy groups -OCH3 is 1. The molecule has 3 N–H and O–H groups in total. The predicted molar refractivity (Wildman–Crippen MR) is 61.6 cm³/mol. The van der Waals surface area contributed by atoms with E-state index in [1.807, 2.05) is 27.7 Å². The second-order valence-electron chi connectivity index (χ2n) is 5.17. The number of primary amides is 1. The fraction of sp³-hybridized carbons (Fsp3) is 0.909. The lowest BCUT2D eigenvalue weighted by Gasteiger charge is -2.28. The van der Waals surface area contributed by atoms with Gasteiger partial charge >= 0.3 is 0 Å². The smallest absolute Gasteiger partial charge is 0.219 e. The van der Waals surface area contributed by atoms with Gasteiger partial charge in [-0.05, 0) is 40.7 Å². The number of hydrogen-bond donors (Lipinski definition) is 2. The molecule has 4 nitrogen and oxygen atoms in total. The lowest BCUT2D eigenvalue weighted by molar-refractivity contribution is -0.119. The van der Waals surface area contributed by atoms with Crippen molar-refractivity contribution in [2.45, 2.75) is 51.7 Å². The number of ether oxygens (including phenoxy) is 1. The van der Waals surface area contributed by atoms with E-state index in [0.717, 1.165) is 13.0 Å². The van der Waals surface area contributed by atoms with Gasteiger partial charge < -0.3 is 15.8 Å². The summed E-state index contributed by atoms with van der Waals surface area (Å²) in [6, 6.07) is 0. The lowest BCUT2D eigenvalue weighted by atomic mass is 9.98. The molecule has 0 aliphatic heterocycles. The molecule has 0 aromatic rings. The van der Waals surface area contributed by atoms with Crippen molar-refractivity contribution in [1.29, 1.82) is 0 Å². The molecule has 15 heavy (non-hydrogen) atoms. The second-order valence-corrected chi connectivity index (χ2v) is 5.17. The fourth-order valence-electron chi connectivity index (χ4n) is 1.30. The van der Waals surface area contributed by atoms with Crippen molar-refractivity contribution in [3.8, 4) is 0 Å². The van der Waals surface area contributed by atoms with Gasteiger partial charge in [-0.3, -0.25) is 4.79 Å². The number of rotatable bonds is 7. The third-order valence-corrected chi connectivity index (χ3v) is 2.50. The van der Waals surface area contributed by atoms with E-state index < -0.39 is 0 Å². The van der Waals surface area contributed by atoms with E-state index in [0.29, 0.717) is 6.42 Å². The third-order valence-electron chi connectivity index (χ3n) is 2.50. The number of carbonyl (C=O) groups is 1. The van der Waals surface area contributed by atoms with Crippen molar-refractivity contribution in [1.82, 2.24) is 5.32 Å². The van der Waals surface area contributed by atoms with Gasteiger partial charge in [0, 0.05) is 19.1 Å². The zero-order valence-corrected chi connectivity index (χ0v) is 10.5. The summed E-state index contributed by atoms with van der Waals surface area (Å²) in [5, 5.41) is 3.30. The molecule has 1 amide bonds. The highest BCUT2D eigenvalue weighted by Gasteiger charge is 2.22. The highest BCUT2D eigenvalue weighted by Crippen LogP contribution is 2.13. The Kier molecular flexibility index (Phi) is 5.24. The van der Waals surface area contributed by atoms with Gasteiger partial charge in [-0.15, -0.1) is 0 Å². The Morgan fingerprint density at radius 2 is 1.87 bits per heavy atom. The maximum absolute atomic E-state index is 10.8. The average molecular weight is 216 g/mol. The standard InChI is InChI=1S/C11H24N2O2/c1-10(2,8-9(12)14)13-7-6-11(3,4)15-5/h13H,6-8H2,1-5H3,(H2,12,14). The summed E-state index contributed by atoms with van der Waals surface area (Å²) in [7, 11) is 1.70. The van der Waals surface area contributed by atoms with Gasteiger partial charge in [0.25, 0.3) is 0 Å². The molecule has 0 atom stereocenters. The van der Waals surface area contributed by atoms with E-state index in [1.165, 1.54) is 0 Å². The van der Waals surface area contributed by atoms with Crippen LogP contribution in [0.4, 0.5) is 0 Å². The van der Waals surface area contributed by atoms with Gasteiger partial charge in [0.2, 0.25) is 5.91 Å². The number of nitrogens with two attached hydrogens (primary N) is 1. The molecule has 0 bridgehead atoms. The first-order valence-electron chi connectivity index (χ1n) is 5.27. The van der Waals surface area contributed by atoms with Crippen LogP contribution in [0.3, 0.4) is 0 Å². The summed E-state index contributed by atoms with van der Waals surface area (Å²) in [4.78, 5) is 10.8. The maximum Gasteiger partial charge on any atom is 0.219 e. The van der Waals surface area contributed by atoms with Crippen LogP contribution in [-0.4, -0.2) is 30.7 Å². The van der Waals surface area contributed by atoms with Gasteiger partial charge in [0.1, 0.15) is 0 Å². The Morgan fingerprint density at radius 1 is 1.33 bits per heavy atom. The monoisotopic (exact) mass is 216 g/mol. The Morgan fingerprint density at radius 3 is 2.27 bits per heavy atom. The van der Waals surface area contributed by atoms with Crippen molar-refractivity contribution in [3.63, 3.8) is 0 Å². The molecule has 0 unspecified atom stereocenters. The molecule has 0 aliphatic carbocycles. The van der Waals surface area contributed by atoms with Crippen LogP contribution in [0.15, 0.2) is 0 Å². The highest BCUT2D eigenvalue weighted by atomic mass is 16.5. The second kappa shape index (κ2) is 5.47. The lowest BCUT2D eigenvalue weighted by Crippen LogP contribution is -2.44. The first-order valence-corrected chi connectivity index (χ1v) is 5.27. The van der Waals surface area contributed by atoms with E-state index in [2.05, 4.69) is 5.32 Å². The zero-order valence-electron chi connectivity index (χ0n) is 10.5. The average Bonchev–Trinajstić information content (AvgIpc) is 2.00. The van der Waals surface area contributed by atoms with E-state index in [1.54, 1.807) is 7.11 Å². The molecule has 0 spiro atoms. The molecule has 90 valence electrons. The SMILES string of the molecule is COC(C)(C)CCNC(C)(C)CC(N)=O. The minimum absolute atomic E-state index is 0.129. The molecule has 0 rings (SSSR count). The van der Waals surface area contributed by atoms with Gasteiger partial charge in [-0.25, -0.2) is 0 Å². The van der Waals surface area contributed by atoms with Gasteiger partial charge in [-0.2, -0.15) is 0 Å².